The van der Waals surface area contributed by atoms with Gasteiger partial charge >= 0.3 is 0 Å². The van der Waals surface area contributed by atoms with Crippen LogP contribution >= 0.6 is 0 Å². The molecular formula is C14H14N4O. The Hall–Kier alpha value is -2.61. The summed E-state index contributed by atoms with van der Waals surface area (Å²) < 4.78 is 5.60. The van der Waals surface area contributed by atoms with Gasteiger partial charge in [0.1, 0.15) is 5.75 Å². The third kappa shape index (κ3) is 3.68. The van der Waals surface area contributed by atoms with Crippen LogP contribution in [0.3, 0.4) is 0 Å². The largest absolute Gasteiger partial charge is 0.439 e. The molecule has 1 heterocycles. The standard InChI is InChI=1S/C14H14N4O/c1-2-8-16-14-17-9-7-13(18-14)19-12-5-3-11(10-15)4-6-12/h3-7,9H,2,8H2,1H3,(H,16,17,18). The number of rotatable bonds is 5. The van der Waals surface area contributed by atoms with E-state index in [2.05, 4.69) is 28.3 Å². The molecule has 1 aromatic carbocycles. The molecule has 0 saturated heterocycles. The van der Waals surface area contributed by atoms with Crippen LogP contribution in [0.5, 0.6) is 11.6 Å². The van der Waals surface area contributed by atoms with Gasteiger partial charge in [-0.3, -0.25) is 0 Å². The molecule has 0 radical (unpaired) electrons. The summed E-state index contributed by atoms with van der Waals surface area (Å²) in [4.78, 5) is 8.34. The molecule has 0 atom stereocenters. The fraction of sp³-hybridized carbons (Fsp3) is 0.214. The highest BCUT2D eigenvalue weighted by Gasteiger charge is 2.01. The lowest BCUT2D eigenvalue weighted by Crippen LogP contribution is -2.04. The van der Waals surface area contributed by atoms with Crippen molar-refractivity contribution in [1.82, 2.24) is 9.97 Å². The molecule has 0 saturated carbocycles. The van der Waals surface area contributed by atoms with E-state index in [1.54, 1.807) is 36.5 Å². The van der Waals surface area contributed by atoms with Crippen molar-refractivity contribution in [2.75, 3.05) is 11.9 Å². The quantitative estimate of drug-likeness (QED) is 0.888. The zero-order chi connectivity index (χ0) is 13.5. The van der Waals surface area contributed by atoms with Crippen LogP contribution in [-0.2, 0) is 0 Å². The first kappa shape index (κ1) is 12.8. The van der Waals surface area contributed by atoms with Crippen molar-refractivity contribution in [3.05, 3.63) is 42.1 Å². The van der Waals surface area contributed by atoms with Gasteiger partial charge in [-0.05, 0) is 30.7 Å². The van der Waals surface area contributed by atoms with Gasteiger partial charge in [-0.1, -0.05) is 6.92 Å². The Kier molecular flexibility index (Phi) is 4.29. The third-order valence-corrected chi connectivity index (χ3v) is 2.37. The van der Waals surface area contributed by atoms with Crippen LogP contribution in [0.1, 0.15) is 18.9 Å². The van der Waals surface area contributed by atoms with Gasteiger partial charge in [0, 0.05) is 18.8 Å². The molecule has 0 aliphatic rings. The fourth-order valence-corrected chi connectivity index (χ4v) is 1.44. The molecule has 0 aliphatic carbocycles. The average Bonchev–Trinajstić information content (AvgIpc) is 2.46. The van der Waals surface area contributed by atoms with Crippen molar-refractivity contribution >= 4 is 5.95 Å². The van der Waals surface area contributed by atoms with Crippen LogP contribution in [0.15, 0.2) is 36.5 Å². The normalized spacial score (nSPS) is 9.68. The Labute approximate surface area is 111 Å². The Balaban J connectivity index is 2.07. The van der Waals surface area contributed by atoms with Crippen LogP contribution < -0.4 is 10.1 Å². The summed E-state index contributed by atoms with van der Waals surface area (Å²) in [7, 11) is 0. The number of ether oxygens (including phenoxy) is 1. The van der Waals surface area contributed by atoms with Crippen molar-refractivity contribution < 1.29 is 4.74 Å². The van der Waals surface area contributed by atoms with E-state index in [1.807, 2.05) is 0 Å². The molecule has 0 aliphatic heterocycles. The fourth-order valence-electron chi connectivity index (χ4n) is 1.44. The number of aromatic nitrogens is 2. The highest BCUT2D eigenvalue weighted by atomic mass is 16.5. The van der Waals surface area contributed by atoms with Gasteiger partial charge in [0.15, 0.2) is 0 Å². The zero-order valence-corrected chi connectivity index (χ0v) is 10.6. The van der Waals surface area contributed by atoms with E-state index in [1.165, 1.54) is 0 Å². The molecule has 5 heteroatoms. The van der Waals surface area contributed by atoms with Crippen LogP contribution in [0.4, 0.5) is 5.95 Å². The molecule has 2 rings (SSSR count). The van der Waals surface area contributed by atoms with Crippen molar-refractivity contribution in [3.8, 4) is 17.7 Å². The van der Waals surface area contributed by atoms with E-state index in [4.69, 9.17) is 10.00 Å². The molecule has 1 N–H and O–H groups in total. The SMILES string of the molecule is CCCNc1nccc(Oc2ccc(C#N)cc2)n1. The minimum absolute atomic E-state index is 0.471. The van der Waals surface area contributed by atoms with Crippen LogP contribution in [-0.4, -0.2) is 16.5 Å². The number of anilines is 1. The second kappa shape index (κ2) is 6.36. The van der Waals surface area contributed by atoms with E-state index in [9.17, 15) is 0 Å². The first-order chi connectivity index (χ1) is 9.31. The molecule has 0 fully saturated rings. The lowest BCUT2D eigenvalue weighted by molar-refractivity contribution is 0.462. The maximum Gasteiger partial charge on any atom is 0.225 e. The van der Waals surface area contributed by atoms with Crippen LogP contribution in [0.2, 0.25) is 0 Å². The number of nitrogens with zero attached hydrogens (tertiary/aromatic N) is 3. The van der Waals surface area contributed by atoms with Crippen LogP contribution in [0.25, 0.3) is 0 Å². The average molecular weight is 254 g/mol. The summed E-state index contributed by atoms with van der Waals surface area (Å²) in [6.45, 7) is 2.89. The van der Waals surface area contributed by atoms with Crippen molar-refractivity contribution in [3.63, 3.8) is 0 Å². The molecule has 0 amide bonds. The summed E-state index contributed by atoms with van der Waals surface area (Å²) >= 11 is 0. The van der Waals surface area contributed by atoms with E-state index in [0.29, 0.717) is 23.1 Å². The summed E-state index contributed by atoms with van der Waals surface area (Å²) in [6, 6.07) is 10.6. The predicted octanol–water partition coefficient (Wildman–Crippen LogP) is 2.96. The molecule has 1 aromatic heterocycles. The van der Waals surface area contributed by atoms with Gasteiger partial charge in [0.05, 0.1) is 11.6 Å². The van der Waals surface area contributed by atoms with Gasteiger partial charge in [-0.15, -0.1) is 0 Å². The Morgan fingerprint density at radius 2 is 2.05 bits per heavy atom. The maximum absolute atomic E-state index is 8.72. The maximum atomic E-state index is 8.72. The summed E-state index contributed by atoms with van der Waals surface area (Å²) in [5.41, 5.74) is 0.598. The highest BCUT2D eigenvalue weighted by Crippen LogP contribution is 2.20. The van der Waals surface area contributed by atoms with Gasteiger partial charge < -0.3 is 10.1 Å². The van der Waals surface area contributed by atoms with E-state index < -0.39 is 0 Å². The van der Waals surface area contributed by atoms with Gasteiger partial charge in [-0.25, -0.2) is 4.98 Å². The number of hydrogen-bond donors (Lipinski definition) is 1. The number of hydrogen-bond acceptors (Lipinski definition) is 5. The first-order valence-electron chi connectivity index (χ1n) is 6.06. The summed E-state index contributed by atoms with van der Waals surface area (Å²) in [6.07, 6.45) is 2.65. The van der Waals surface area contributed by atoms with E-state index in [-0.39, 0.29) is 0 Å². The lowest BCUT2D eigenvalue weighted by Gasteiger charge is -2.06. The van der Waals surface area contributed by atoms with Gasteiger partial charge in [0.25, 0.3) is 0 Å². The molecule has 0 unspecified atom stereocenters. The monoisotopic (exact) mass is 254 g/mol. The predicted molar refractivity (Wildman–Crippen MR) is 72.0 cm³/mol. The van der Waals surface area contributed by atoms with E-state index >= 15 is 0 Å². The topological polar surface area (TPSA) is 70.8 Å². The first-order valence-corrected chi connectivity index (χ1v) is 6.06. The van der Waals surface area contributed by atoms with E-state index in [0.717, 1.165) is 13.0 Å². The molecule has 2 aromatic rings. The van der Waals surface area contributed by atoms with Gasteiger partial charge in [-0.2, -0.15) is 10.2 Å². The number of benzene rings is 1. The smallest absolute Gasteiger partial charge is 0.225 e. The number of nitrogens with one attached hydrogen (secondary N) is 1. The third-order valence-electron chi connectivity index (χ3n) is 2.37. The Bertz CT molecular complexity index is 575. The lowest BCUT2D eigenvalue weighted by atomic mass is 10.2. The Morgan fingerprint density at radius 1 is 1.26 bits per heavy atom. The molecule has 0 bridgehead atoms. The summed E-state index contributed by atoms with van der Waals surface area (Å²) in [5.74, 6) is 1.66. The van der Waals surface area contributed by atoms with Gasteiger partial charge in [0.2, 0.25) is 11.8 Å². The van der Waals surface area contributed by atoms with Crippen LogP contribution in [0, 0.1) is 11.3 Å². The minimum Gasteiger partial charge on any atom is -0.439 e. The van der Waals surface area contributed by atoms with Crippen molar-refractivity contribution in [2.24, 2.45) is 0 Å². The summed E-state index contributed by atoms with van der Waals surface area (Å²) in [5, 5.41) is 11.8. The molecule has 19 heavy (non-hydrogen) atoms. The highest BCUT2D eigenvalue weighted by molar-refractivity contribution is 5.36. The zero-order valence-electron chi connectivity index (χ0n) is 10.6. The Morgan fingerprint density at radius 3 is 2.74 bits per heavy atom. The molecule has 0 spiro atoms. The minimum atomic E-state index is 0.471. The molecule has 5 nitrogen and oxygen atoms in total. The second-order valence-corrected chi connectivity index (χ2v) is 3.88. The van der Waals surface area contributed by atoms with Crippen molar-refractivity contribution in [1.29, 1.82) is 5.26 Å². The van der Waals surface area contributed by atoms with Crippen molar-refractivity contribution in [2.45, 2.75) is 13.3 Å². The number of nitriles is 1. The molecule has 96 valence electrons. The molecular weight excluding hydrogens is 240 g/mol. The second-order valence-electron chi connectivity index (χ2n) is 3.88.